The molecular formula is C11H9Cl2N3OS. The Bertz CT molecular complexity index is 524. The Morgan fingerprint density at radius 3 is 2.94 bits per heavy atom. The highest BCUT2D eigenvalue weighted by atomic mass is 35.5. The van der Waals surface area contributed by atoms with Gasteiger partial charge in [0.2, 0.25) is 0 Å². The van der Waals surface area contributed by atoms with E-state index in [9.17, 15) is 10.1 Å². The summed E-state index contributed by atoms with van der Waals surface area (Å²) in [5, 5.41) is 12.3. The van der Waals surface area contributed by atoms with Crippen LogP contribution >= 0.6 is 35.0 Å². The van der Waals surface area contributed by atoms with Gasteiger partial charge in [-0.3, -0.25) is 4.79 Å². The first-order chi connectivity index (χ1) is 8.56. The molecule has 1 aliphatic rings. The van der Waals surface area contributed by atoms with Crippen LogP contribution in [0.4, 0.5) is 0 Å². The Hall–Kier alpha value is -0.960. The Kier molecular flexibility index (Phi) is 4.00. The molecule has 0 spiro atoms. The first kappa shape index (κ1) is 13.5. The van der Waals surface area contributed by atoms with Crippen LogP contribution in [0.2, 0.25) is 10.2 Å². The van der Waals surface area contributed by atoms with E-state index in [2.05, 4.69) is 16.4 Å². The molecule has 1 atom stereocenters. The zero-order valence-corrected chi connectivity index (χ0v) is 11.6. The van der Waals surface area contributed by atoms with Crippen LogP contribution in [-0.2, 0) is 0 Å². The molecule has 1 aromatic heterocycles. The minimum absolute atomic E-state index is 0.152. The average molecular weight is 302 g/mol. The molecule has 0 aliphatic carbocycles. The second-order valence-electron chi connectivity index (χ2n) is 3.95. The number of rotatable bonds is 2. The fourth-order valence-electron chi connectivity index (χ4n) is 1.61. The third-order valence-corrected chi connectivity index (χ3v) is 4.52. The minimum Gasteiger partial charge on any atom is -0.333 e. The molecule has 1 aromatic rings. The maximum Gasteiger partial charge on any atom is 0.254 e. The van der Waals surface area contributed by atoms with E-state index in [1.165, 1.54) is 12.3 Å². The summed E-state index contributed by atoms with van der Waals surface area (Å²) in [5.41, 5.74) is -0.482. The molecule has 1 fully saturated rings. The summed E-state index contributed by atoms with van der Waals surface area (Å²) < 4.78 is 0. The number of nitriles is 1. The van der Waals surface area contributed by atoms with Crippen molar-refractivity contribution >= 4 is 40.9 Å². The molecule has 4 nitrogen and oxygen atoms in total. The molecule has 0 bridgehead atoms. The Balaban J connectivity index is 2.17. The molecule has 1 amide bonds. The lowest BCUT2D eigenvalue weighted by atomic mass is 10.0. The van der Waals surface area contributed by atoms with Crippen LogP contribution in [0.3, 0.4) is 0 Å². The summed E-state index contributed by atoms with van der Waals surface area (Å²) in [6.07, 6.45) is 1.99. The maximum absolute atomic E-state index is 12.0. The predicted octanol–water partition coefficient (Wildman–Crippen LogP) is 2.52. The van der Waals surface area contributed by atoms with Gasteiger partial charge >= 0.3 is 0 Å². The number of amides is 1. The van der Waals surface area contributed by atoms with Gasteiger partial charge in [-0.1, -0.05) is 23.2 Å². The first-order valence-electron chi connectivity index (χ1n) is 5.19. The summed E-state index contributed by atoms with van der Waals surface area (Å²) in [4.78, 5) is 15.8. The highest BCUT2D eigenvalue weighted by Gasteiger charge is 2.36. The lowest BCUT2D eigenvalue weighted by Gasteiger charge is -2.21. The van der Waals surface area contributed by atoms with Crippen molar-refractivity contribution in [3.63, 3.8) is 0 Å². The molecular weight excluding hydrogens is 293 g/mol. The van der Waals surface area contributed by atoms with Crippen LogP contribution in [0.5, 0.6) is 0 Å². The lowest BCUT2D eigenvalue weighted by Crippen LogP contribution is -2.47. The van der Waals surface area contributed by atoms with Crippen molar-refractivity contribution < 1.29 is 4.79 Å². The zero-order chi connectivity index (χ0) is 13.2. The van der Waals surface area contributed by atoms with Gasteiger partial charge in [0, 0.05) is 11.9 Å². The molecule has 1 aliphatic heterocycles. The number of aromatic nitrogens is 1. The van der Waals surface area contributed by atoms with Gasteiger partial charge in [-0.2, -0.15) is 17.0 Å². The van der Waals surface area contributed by atoms with Crippen LogP contribution < -0.4 is 5.32 Å². The van der Waals surface area contributed by atoms with Crippen molar-refractivity contribution in [1.82, 2.24) is 10.3 Å². The molecule has 1 saturated heterocycles. The Morgan fingerprint density at radius 1 is 1.61 bits per heavy atom. The lowest BCUT2D eigenvalue weighted by molar-refractivity contribution is 0.0926. The van der Waals surface area contributed by atoms with Gasteiger partial charge in [-0.25, -0.2) is 4.98 Å². The van der Waals surface area contributed by atoms with Gasteiger partial charge < -0.3 is 5.32 Å². The van der Waals surface area contributed by atoms with Crippen molar-refractivity contribution in [2.45, 2.75) is 12.0 Å². The van der Waals surface area contributed by atoms with Crippen molar-refractivity contribution in [3.8, 4) is 6.07 Å². The number of halogens is 2. The van der Waals surface area contributed by atoms with Crippen LogP contribution in [0, 0.1) is 11.3 Å². The van der Waals surface area contributed by atoms with Crippen molar-refractivity contribution in [1.29, 1.82) is 5.26 Å². The molecule has 1 N–H and O–H groups in total. The van der Waals surface area contributed by atoms with Crippen LogP contribution in [0.15, 0.2) is 12.3 Å². The summed E-state index contributed by atoms with van der Waals surface area (Å²) in [6, 6.07) is 3.62. The topological polar surface area (TPSA) is 65.8 Å². The second kappa shape index (κ2) is 5.35. The molecule has 1 unspecified atom stereocenters. The van der Waals surface area contributed by atoms with E-state index in [1.807, 2.05) is 0 Å². The van der Waals surface area contributed by atoms with Gasteiger partial charge in [-0.05, 0) is 18.2 Å². The number of thioether (sulfide) groups is 1. The van der Waals surface area contributed by atoms with Gasteiger partial charge in [0.1, 0.15) is 10.7 Å². The number of carbonyl (C=O) groups is 1. The number of carbonyl (C=O) groups excluding carboxylic acids is 1. The molecule has 7 heteroatoms. The van der Waals surface area contributed by atoms with E-state index in [-0.39, 0.29) is 16.1 Å². The molecule has 0 saturated carbocycles. The predicted molar refractivity (Wildman–Crippen MR) is 72.0 cm³/mol. The van der Waals surface area contributed by atoms with E-state index in [0.29, 0.717) is 17.7 Å². The molecule has 2 rings (SSSR count). The van der Waals surface area contributed by atoms with Gasteiger partial charge in [0.25, 0.3) is 5.91 Å². The average Bonchev–Trinajstić information content (AvgIpc) is 2.82. The van der Waals surface area contributed by atoms with E-state index in [1.54, 1.807) is 11.8 Å². The molecule has 94 valence electrons. The number of nitrogens with zero attached hydrogens (tertiary/aromatic N) is 2. The summed E-state index contributed by atoms with van der Waals surface area (Å²) >= 11 is 13.1. The Labute approximate surface area is 119 Å². The fraction of sp³-hybridized carbons (Fsp3) is 0.364. The molecule has 2 heterocycles. The van der Waals surface area contributed by atoms with E-state index >= 15 is 0 Å². The zero-order valence-electron chi connectivity index (χ0n) is 9.24. The third kappa shape index (κ3) is 2.72. The minimum atomic E-state index is -0.784. The molecule has 0 radical (unpaired) electrons. The number of hydrogen-bond acceptors (Lipinski definition) is 4. The largest absolute Gasteiger partial charge is 0.333 e. The van der Waals surface area contributed by atoms with Crippen LogP contribution in [0.25, 0.3) is 0 Å². The third-order valence-electron chi connectivity index (χ3n) is 2.65. The van der Waals surface area contributed by atoms with Crippen LogP contribution in [0.1, 0.15) is 16.8 Å². The Morgan fingerprint density at radius 2 is 2.39 bits per heavy atom. The number of hydrogen-bond donors (Lipinski definition) is 1. The van der Waals surface area contributed by atoms with Crippen molar-refractivity contribution in [2.24, 2.45) is 0 Å². The van der Waals surface area contributed by atoms with Gasteiger partial charge in [0.15, 0.2) is 0 Å². The van der Waals surface area contributed by atoms with E-state index in [4.69, 9.17) is 23.2 Å². The smallest absolute Gasteiger partial charge is 0.254 e. The molecule has 0 aromatic carbocycles. The van der Waals surface area contributed by atoms with E-state index < -0.39 is 5.54 Å². The number of pyridine rings is 1. The van der Waals surface area contributed by atoms with Crippen LogP contribution in [-0.4, -0.2) is 27.9 Å². The molecule has 18 heavy (non-hydrogen) atoms. The normalized spacial score (nSPS) is 22.5. The van der Waals surface area contributed by atoms with Gasteiger partial charge in [0.05, 0.1) is 16.7 Å². The fourth-order valence-corrected chi connectivity index (χ4v) is 3.15. The monoisotopic (exact) mass is 301 g/mol. The highest BCUT2D eigenvalue weighted by molar-refractivity contribution is 7.99. The quantitative estimate of drug-likeness (QED) is 0.853. The highest BCUT2D eigenvalue weighted by Crippen LogP contribution is 2.28. The summed E-state index contributed by atoms with van der Waals surface area (Å²) in [7, 11) is 0. The summed E-state index contributed by atoms with van der Waals surface area (Å²) in [6.45, 7) is 0. The number of nitrogens with one attached hydrogen (secondary N) is 1. The van der Waals surface area contributed by atoms with Gasteiger partial charge in [-0.15, -0.1) is 0 Å². The summed E-state index contributed by atoms with van der Waals surface area (Å²) in [5.74, 6) is 1.11. The standard InChI is InChI=1S/C11H9Cl2N3OS/c12-8-3-7(4-15-9(8)13)10(17)16-11(5-14)1-2-18-6-11/h3-4H,1-2,6H2,(H,16,17). The SMILES string of the molecule is N#CC1(NC(=O)c2cnc(Cl)c(Cl)c2)CCSC1. The maximum atomic E-state index is 12.0. The van der Waals surface area contributed by atoms with E-state index in [0.717, 1.165) is 5.75 Å². The second-order valence-corrected chi connectivity index (χ2v) is 5.82. The van der Waals surface area contributed by atoms with Crippen molar-refractivity contribution in [2.75, 3.05) is 11.5 Å². The first-order valence-corrected chi connectivity index (χ1v) is 7.10. The van der Waals surface area contributed by atoms with Crippen molar-refractivity contribution in [3.05, 3.63) is 28.0 Å².